The standard InChI is InChI=1S/C19H35N3O2/c23-19(20-8-11-21-12-14-24-15-13-21)18-6-9-22(10-7-18)16-17-4-2-1-3-5-17/h17-18H,1-16H2,(H,20,23). The van der Waals surface area contributed by atoms with Crippen LogP contribution in [0.3, 0.4) is 0 Å². The molecule has 5 nitrogen and oxygen atoms in total. The first-order chi connectivity index (χ1) is 11.8. The minimum Gasteiger partial charge on any atom is -0.379 e. The number of ether oxygens (including phenoxy) is 1. The van der Waals surface area contributed by atoms with Crippen LogP contribution in [0.25, 0.3) is 0 Å². The van der Waals surface area contributed by atoms with E-state index in [9.17, 15) is 4.79 Å². The van der Waals surface area contributed by atoms with Crippen molar-refractivity contribution in [2.24, 2.45) is 11.8 Å². The third kappa shape index (κ3) is 5.71. The Bertz CT molecular complexity index is 371. The monoisotopic (exact) mass is 337 g/mol. The molecular formula is C19H35N3O2. The lowest BCUT2D eigenvalue weighted by Gasteiger charge is -2.35. The van der Waals surface area contributed by atoms with E-state index in [0.717, 1.165) is 71.2 Å². The zero-order chi connectivity index (χ0) is 16.6. The Morgan fingerprint density at radius 1 is 0.917 bits per heavy atom. The Kier molecular flexibility index (Phi) is 7.36. The molecule has 2 heterocycles. The van der Waals surface area contributed by atoms with Gasteiger partial charge in [-0.15, -0.1) is 0 Å². The molecule has 24 heavy (non-hydrogen) atoms. The van der Waals surface area contributed by atoms with Gasteiger partial charge in [-0.25, -0.2) is 0 Å². The molecule has 1 N–H and O–H groups in total. The molecule has 2 saturated heterocycles. The van der Waals surface area contributed by atoms with E-state index in [1.807, 2.05) is 0 Å². The SMILES string of the molecule is O=C(NCCN1CCOCC1)C1CCN(CC2CCCCC2)CC1. The summed E-state index contributed by atoms with van der Waals surface area (Å²) in [6.07, 6.45) is 9.19. The van der Waals surface area contributed by atoms with Gasteiger partial charge >= 0.3 is 0 Å². The first kappa shape index (κ1) is 18.2. The molecule has 0 radical (unpaired) electrons. The zero-order valence-corrected chi connectivity index (χ0v) is 15.2. The summed E-state index contributed by atoms with van der Waals surface area (Å²) in [5.41, 5.74) is 0. The van der Waals surface area contributed by atoms with E-state index in [1.54, 1.807) is 0 Å². The Morgan fingerprint density at radius 3 is 2.33 bits per heavy atom. The second-order valence-corrected chi connectivity index (χ2v) is 7.82. The molecule has 2 aliphatic heterocycles. The second-order valence-electron chi connectivity index (χ2n) is 7.82. The van der Waals surface area contributed by atoms with Crippen molar-refractivity contribution in [3.8, 4) is 0 Å². The Balaban J connectivity index is 1.28. The summed E-state index contributed by atoms with van der Waals surface area (Å²) in [7, 11) is 0. The summed E-state index contributed by atoms with van der Waals surface area (Å²) in [6, 6.07) is 0. The quantitative estimate of drug-likeness (QED) is 0.802. The second kappa shape index (κ2) is 9.73. The predicted molar refractivity (Wildman–Crippen MR) is 96.0 cm³/mol. The van der Waals surface area contributed by atoms with Gasteiger partial charge in [0.15, 0.2) is 0 Å². The van der Waals surface area contributed by atoms with Crippen molar-refractivity contribution in [1.29, 1.82) is 0 Å². The largest absolute Gasteiger partial charge is 0.379 e. The molecule has 0 unspecified atom stereocenters. The average Bonchev–Trinajstić information content (AvgIpc) is 2.64. The van der Waals surface area contributed by atoms with Gasteiger partial charge in [0.1, 0.15) is 0 Å². The first-order valence-electron chi connectivity index (χ1n) is 10.1. The molecule has 0 bridgehead atoms. The summed E-state index contributed by atoms with van der Waals surface area (Å²) in [5, 5.41) is 3.16. The van der Waals surface area contributed by atoms with Crippen LogP contribution in [0.1, 0.15) is 44.9 Å². The minimum atomic E-state index is 0.234. The Labute approximate surface area is 147 Å². The molecule has 0 aromatic heterocycles. The predicted octanol–water partition coefficient (Wildman–Crippen LogP) is 1.73. The highest BCUT2D eigenvalue weighted by Crippen LogP contribution is 2.26. The van der Waals surface area contributed by atoms with Crippen molar-refractivity contribution in [3.05, 3.63) is 0 Å². The van der Waals surface area contributed by atoms with Crippen LogP contribution in [0, 0.1) is 11.8 Å². The number of nitrogens with one attached hydrogen (secondary N) is 1. The van der Waals surface area contributed by atoms with Crippen molar-refractivity contribution in [2.75, 3.05) is 59.0 Å². The third-order valence-corrected chi connectivity index (χ3v) is 6.03. The molecule has 3 fully saturated rings. The summed E-state index contributed by atoms with van der Waals surface area (Å²) < 4.78 is 5.35. The van der Waals surface area contributed by atoms with Crippen LogP contribution >= 0.6 is 0 Å². The average molecular weight is 338 g/mol. The van der Waals surface area contributed by atoms with Crippen LogP contribution in [0.15, 0.2) is 0 Å². The van der Waals surface area contributed by atoms with E-state index in [2.05, 4.69) is 15.1 Å². The first-order valence-corrected chi connectivity index (χ1v) is 10.1. The molecule has 1 saturated carbocycles. The fraction of sp³-hybridized carbons (Fsp3) is 0.947. The van der Waals surface area contributed by atoms with Crippen LogP contribution in [-0.4, -0.2) is 74.7 Å². The Morgan fingerprint density at radius 2 is 1.62 bits per heavy atom. The number of carbonyl (C=O) groups excluding carboxylic acids is 1. The van der Waals surface area contributed by atoms with Crippen LogP contribution in [0.5, 0.6) is 0 Å². The highest BCUT2D eigenvalue weighted by molar-refractivity contribution is 5.78. The molecule has 5 heteroatoms. The lowest BCUT2D eigenvalue weighted by Crippen LogP contribution is -2.45. The van der Waals surface area contributed by atoms with E-state index >= 15 is 0 Å². The van der Waals surface area contributed by atoms with Crippen molar-refractivity contribution >= 4 is 5.91 Å². The van der Waals surface area contributed by atoms with E-state index in [4.69, 9.17) is 4.74 Å². The van der Waals surface area contributed by atoms with E-state index in [-0.39, 0.29) is 11.8 Å². The summed E-state index contributed by atoms with van der Waals surface area (Å²) in [5.74, 6) is 1.43. The fourth-order valence-electron chi connectivity index (χ4n) is 4.42. The molecule has 138 valence electrons. The van der Waals surface area contributed by atoms with Gasteiger partial charge in [0, 0.05) is 38.6 Å². The van der Waals surface area contributed by atoms with Crippen LogP contribution in [0.4, 0.5) is 0 Å². The molecule has 3 rings (SSSR count). The highest BCUT2D eigenvalue weighted by atomic mass is 16.5. The van der Waals surface area contributed by atoms with Crippen LogP contribution in [-0.2, 0) is 9.53 Å². The van der Waals surface area contributed by atoms with Crippen molar-refractivity contribution in [2.45, 2.75) is 44.9 Å². The number of likely N-dealkylation sites (tertiary alicyclic amines) is 1. The topological polar surface area (TPSA) is 44.8 Å². The van der Waals surface area contributed by atoms with E-state index in [1.165, 1.54) is 38.6 Å². The maximum Gasteiger partial charge on any atom is 0.223 e. The number of nitrogens with zero attached hydrogens (tertiary/aromatic N) is 2. The molecule has 3 aliphatic rings. The van der Waals surface area contributed by atoms with Gasteiger partial charge in [0.2, 0.25) is 5.91 Å². The molecule has 0 aromatic carbocycles. The van der Waals surface area contributed by atoms with Crippen LogP contribution in [0.2, 0.25) is 0 Å². The van der Waals surface area contributed by atoms with E-state index in [0.29, 0.717) is 0 Å². The lowest BCUT2D eigenvalue weighted by atomic mass is 9.88. The van der Waals surface area contributed by atoms with Gasteiger partial charge in [0.05, 0.1) is 13.2 Å². The normalized spacial score (nSPS) is 25.7. The fourth-order valence-corrected chi connectivity index (χ4v) is 4.42. The molecule has 0 atom stereocenters. The summed E-state index contributed by atoms with van der Waals surface area (Å²) >= 11 is 0. The zero-order valence-electron chi connectivity index (χ0n) is 15.2. The molecular weight excluding hydrogens is 302 g/mol. The number of piperidine rings is 1. The van der Waals surface area contributed by atoms with Crippen molar-refractivity contribution < 1.29 is 9.53 Å². The number of hydrogen-bond acceptors (Lipinski definition) is 4. The highest BCUT2D eigenvalue weighted by Gasteiger charge is 2.26. The number of hydrogen-bond donors (Lipinski definition) is 1. The molecule has 0 aromatic rings. The number of carbonyl (C=O) groups is 1. The van der Waals surface area contributed by atoms with Gasteiger partial charge < -0.3 is 15.0 Å². The maximum absolute atomic E-state index is 12.4. The van der Waals surface area contributed by atoms with Gasteiger partial charge in [-0.1, -0.05) is 19.3 Å². The molecule has 1 amide bonds. The summed E-state index contributed by atoms with van der Waals surface area (Å²) in [6.45, 7) is 8.86. The van der Waals surface area contributed by atoms with Crippen molar-refractivity contribution in [3.63, 3.8) is 0 Å². The minimum absolute atomic E-state index is 0.234. The number of amides is 1. The number of morpholine rings is 1. The molecule has 1 aliphatic carbocycles. The van der Waals surface area contributed by atoms with Gasteiger partial charge in [-0.05, 0) is 44.7 Å². The Hall–Kier alpha value is -0.650. The third-order valence-electron chi connectivity index (χ3n) is 6.03. The van der Waals surface area contributed by atoms with Crippen LogP contribution < -0.4 is 5.32 Å². The maximum atomic E-state index is 12.4. The van der Waals surface area contributed by atoms with Gasteiger partial charge in [-0.3, -0.25) is 9.69 Å². The van der Waals surface area contributed by atoms with Gasteiger partial charge in [0.25, 0.3) is 0 Å². The number of rotatable bonds is 6. The molecule has 0 spiro atoms. The van der Waals surface area contributed by atoms with Gasteiger partial charge in [-0.2, -0.15) is 0 Å². The smallest absolute Gasteiger partial charge is 0.223 e. The summed E-state index contributed by atoms with van der Waals surface area (Å²) in [4.78, 5) is 17.3. The van der Waals surface area contributed by atoms with Crippen molar-refractivity contribution in [1.82, 2.24) is 15.1 Å². The lowest BCUT2D eigenvalue weighted by molar-refractivity contribution is -0.126. The van der Waals surface area contributed by atoms with E-state index < -0.39 is 0 Å².